The molecule has 5 nitrogen and oxygen atoms in total. The van der Waals surface area contributed by atoms with Gasteiger partial charge >= 0.3 is 0 Å². The first-order valence-corrected chi connectivity index (χ1v) is 10.7. The van der Waals surface area contributed by atoms with Crippen molar-refractivity contribution >= 4 is 28.6 Å². The summed E-state index contributed by atoms with van der Waals surface area (Å²) in [7, 11) is 0. The number of hydrogen-bond acceptors (Lipinski definition) is 6. The summed E-state index contributed by atoms with van der Waals surface area (Å²) < 4.78 is 0. The highest BCUT2D eigenvalue weighted by atomic mass is 32.1. The molecule has 4 heterocycles. The Labute approximate surface area is 156 Å². The lowest BCUT2D eigenvalue weighted by Gasteiger charge is -2.34. The molecule has 2 aromatic heterocycles. The summed E-state index contributed by atoms with van der Waals surface area (Å²) in [4.78, 5) is 25.1. The number of nitrogens with zero attached hydrogens (tertiary/aromatic N) is 4. The Kier molecular flexibility index (Phi) is 5.45. The molecule has 0 bridgehead atoms. The Balaban J connectivity index is 1.24. The molecule has 0 N–H and O–H groups in total. The predicted molar refractivity (Wildman–Crippen MR) is 103 cm³/mol. The SMILES string of the molecule is O=C(CN1CCN(Cc2nc(-c3cccs3)cs2)CC1)N1CCCC1. The summed E-state index contributed by atoms with van der Waals surface area (Å²) in [5, 5.41) is 5.44. The molecule has 0 atom stereocenters. The number of rotatable bonds is 5. The van der Waals surface area contributed by atoms with Crippen molar-refractivity contribution in [3.8, 4) is 10.6 Å². The number of piperazine rings is 1. The third-order valence-electron chi connectivity index (χ3n) is 4.97. The van der Waals surface area contributed by atoms with Gasteiger partial charge in [-0.05, 0) is 24.3 Å². The molecule has 7 heteroatoms. The van der Waals surface area contributed by atoms with E-state index < -0.39 is 0 Å². The van der Waals surface area contributed by atoms with Crippen molar-refractivity contribution in [3.05, 3.63) is 27.9 Å². The van der Waals surface area contributed by atoms with Gasteiger partial charge in [-0.2, -0.15) is 0 Å². The van der Waals surface area contributed by atoms with Crippen LogP contribution in [0.4, 0.5) is 0 Å². The Hall–Kier alpha value is -1.28. The highest BCUT2D eigenvalue weighted by Crippen LogP contribution is 2.26. The summed E-state index contributed by atoms with van der Waals surface area (Å²) in [6.07, 6.45) is 2.33. The summed E-state index contributed by atoms with van der Waals surface area (Å²) in [6.45, 7) is 7.40. The summed E-state index contributed by atoms with van der Waals surface area (Å²) in [5.41, 5.74) is 1.10. The highest BCUT2D eigenvalue weighted by molar-refractivity contribution is 7.14. The molecule has 134 valence electrons. The zero-order chi connectivity index (χ0) is 17.1. The highest BCUT2D eigenvalue weighted by Gasteiger charge is 2.23. The van der Waals surface area contributed by atoms with Gasteiger partial charge in [-0.15, -0.1) is 22.7 Å². The Morgan fingerprint density at radius 3 is 2.52 bits per heavy atom. The molecule has 0 saturated carbocycles. The molecule has 0 radical (unpaired) electrons. The zero-order valence-electron chi connectivity index (χ0n) is 14.4. The molecule has 0 aliphatic carbocycles. The first-order chi connectivity index (χ1) is 12.3. The number of hydrogen-bond donors (Lipinski definition) is 0. The standard InChI is InChI=1S/C18H24N4OS2/c23-18(22-5-1-2-6-22)13-21-9-7-20(8-10-21)12-17-19-15(14-25-17)16-4-3-11-24-16/h3-4,11,14H,1-2,5-10,12-13H2. The average Bonchev–Trinajstić information content (AvgIpc) is 3.38. The van der Waals surface area contributed by atoms with Crippen LogP contribution in [0.2, 0.25) is 0 Å². The minimum Gasteiger partial charge on any atom is -0.342 e. The third kappa shape index (κ3) is 4.28. The zero-order valence-corrected chi connectivity index (χ0v) is 16.0. The molecule has 0 aromatic carbocycles. The monoisotopic (exact) mass is 376 g/mol. The van der Waals surface area contributed by atoms with Crippen LogP contribution in [0.15, 0.2) is 22.9 Å². The average molecular weight is 377 g/mol. The number of amides is 1. The number of carbonyl (C=O) groups excluding carboxylic acids is 1. The van der Waals surface area contributed by atoms with Crippen molar-refractivity contribution in [2.45, 2.75) is 19.4 Å². The number of thiazole rings is 1. The van der Waals surface area contributed by atoms with E-state index in [-0.39, 0.29) is 0 Å². The second-order valence-electron chi connectivity index (χ2n) is 6.74. The van der Waals surface area contributed by atoms with Crippen molar-refractivity contribution in [2.75, 3.05) is 45.8 Å². The van der Waals surface area contributed by atoms with Crippen LogP contribution >= 0.6 is 22.7 Å². The van der Waals surface area contributed by atoms with Gasteiger partial charge in [0.25, 0.3) is 0 Å². The molecule has 25 heavy (non-hydrogen) atoms. The Bertz CT molecular complexity index is 686. The van der Waals surface area contributed by atoms with E-state index in [1.165, 1.54) is 22.7 Å². The maximum Gasteiger partial charge on any atom is 0.236 e. The van der Waals surface area contributed by atoms with Crippen molar-refractivity contribution in [2.24, 2.45) is 0 Å². The van der Waals surface area contributed by atoms with Gasteiger partial charge in [0.1, 0.15) is 5.01 Å². The molecule has 2 aromatic rings. The van der Waals surface area contributed by atoms with E-state index in [0.29, 0.717) is 12.5 Å². The van der Waals surface area contributed by atoms with Crippen LogP contribution < -0.4 is 0 Å². The maximum absolute atomic E-state index is 12.3. The summed E-state index contributed by atoms with van der Waals surface area (Å²) >= 11 is 3.49. The van der Waals surface area contributed by atoms with Crippen molar-refractivity contribution in [1.29, 1.82) is 0 Å². The van der Waals surface area contributed by atoms with Gasteiger partial charge < -0.3 is 4.90 Å². The van der Waals surface area contributed by atoms with Gasteiger partial charge in [0.05, 0.1) is 23.7 Å². The molecule has 1 amide bonds. The minimum atomic E-state index is 0.312. The van der Waals surface area contributed by atoms with Crippen LogP contribution in [0.5, 0.6) is 0 Å². The van der Waals surface area contributed by atoms with Gasteiger partial charge in [-0.1, -0.05) is 6.07 Å². The molecule has 2 aliphatic heterocycles. The topological polar surface area (TPSA) is 39.7 Å². The van der Waals surface area contributed by atoms with E-state index >= 15 is 0 Å². The molecular weight excluding hydrogens is 352 g/mol. The van der Waals surface area contributed by atoms with E-state index in [2.05, 4.69) is 32.7 Å². The van der Waals surface area contributed by atoms with Gasteiger partial charge in [0.15, 0.2) is 0 Å². The first-order valence-electron chi connectivity index (χ1n) is 8.99. The van der Waals surface area contributed by atoms with Crippen molar-refractivity contribution in [3.63, 3.8) is 0 Å². The minimum absolute atomic E-state index is 0.312. The second kappa shape index (κ2) is 7.95. The Morgan fingerprint density at radius 2 is 1.80 bits per heavy atom. The van der Waals surface area contributed by atoms with E-state index in [9.17, 15) is 4.79 Å². The van der Waals surface area contributed by atoms with E-state index in [1.54, 1.807) is 22.7 Å². The number of thiophene rings is 1. The molecule has 2 fully saturated rings. The van der Waals surface area contributed by atoms with Crippen LogP contribution in [-0.2, 0) is 11.3 Å². The maximum atomic E-state index is 12.3. The fourth-order valence-electron chi connectivity index (χ4n) is 3.48. The summed E-state index contributed by atoms with van der Waals surface area (Å²) in [5.74, 6) is 0.312. The van der Waals surface area contributed by atoms with Gasteiger partial charge in [0.2, 0.25) is 5.91 Å². The van der Waals surface area contributed by atoms with Gasteiger partial charge in [-0.3, -0.25) is 14.6 Å². The second-order valence-corrected chi connectivity index (χ2v) is 8.63. The smallest absolute Gasteiger partial charge is 0.236 e. The lowest BCUT2D eigenvalue weighted by molar-refractivity contribution is -0.131. The van der Waals surface area contributed by atoms with Crippen LogP contribution in [0.25, 0.3) is 10.6 Å². The van der Waals surface area contributed by atoms with Crippen LogP contribution in [0.1, 0.15) is 17.8 Å². The van der Waals surface area contributed by atoms with Gasteiger partial charge in [-0.25, -0.2) is 4.98 Å². The lowest BCUT2D eigenvalue weighted by atomic mass is 10.3. The fraction of sp³-hybridized carbons (Fsp3) is 0.556. The number of carbonyl (C=O) groups is 1. The van der Waals surface area contributed by atoms with E-state index in [0.717, 1.165) is 51.5 Å². The molecular formula is C18H24N4OS2. The molecule has 4 rings (SSSR count). The van der Waals surface area contributed by atoms with Crippen molar-refractivity contribution in [1.82, 2.24) is 19.7 Å². The van der Waals surface area contributed by atoms with E-state index in [4.69, 9.17) is 4.98 Å². The predicted octanol–water partition coefficient (Wildman–Crippen LogP) is 2.61. The molecule has 0 unspecified atom stereocenters. The molecule has 0 spiro atoms. The first kappa shape index (κ1) is 17.1. The van der Waals surface area contributed by atoms with Crippen LogP contribution in [0.3, 0.4) is 0 Å². The number of likely N-dealkylation sites (tertiary alicyclic amines) is 1. The molecule has 2 aliphatic rings. The third-order valence-corrected chi connectivity index (χ3v) is 6.69. The number of aromatic nitrogens is 1. The van der Waals surface area contributed by atoms with Crippen LogP contribution in [0, 0.1) is 0 Å². The summed E-state index contributed by atoms with van der Waals surface area (Å²) in [6, 6.07) is 4.20. The largest absolute Gasteiger partial charge is 0.342 e. The quantitative estimate of drug-likeness (QED) is 0.804. The van der Waals surface area contributed by atoms with Crippen molar-refractivity contribution < 1.29 is 4.79 Å². The lowest BCUT2D eigenvalue weighted by Crippen LogP contribution is -2.49. The van der Waals surface area contributed by atoms with Gasteiger partial charge in [0, 0.05) is 44.6 Å². The normalized spacial score (nSPS) is 19.6. The fourth-order valence-corrected chi connectivity index (χ4v) is 5.07. The Morgan fingerprint density at radius 1 is 1.04 bits per heavy atom. The van der Waals surface area contributed by atoms with Crippen LogP contribution in [-0.4, -0.2) is 71.4 Å². The van der Waals surface area contributed by atoms with E-state index in [1.807, 2.05) is 4.90 Å². The molecule has 2 saturated heterocycles.